The van der Waals surface area contributed by atoms with E-state index in [1.165, 1.54) is 199 Å². The van der Waals surface area contributed by atoms with Crippen molar-refractivity contribution in [2.75, 3.05) is 47.5 Å². The fraction of sp³-hybridized carbons (Fsp3) is 0.836. The molecular formula is C67H123NO8. The number of carbonyl (C=O) groups is 3. The van der Waals surface area contributed by atoms with E-state index >= 15 is 0 Å². The van der Waals surface area contributed by atoms with E-state index in [1.54, 1.807) is 0 Å². The zero-order chi connectivity index (χ0) is 55.5. The lowest BCUT2D eigenvalue weighted by molar-refractivity contribution is -0.870. The number of carboxylic acids is 1. The fourth-order valence-corrected chi connectivity index (χ4v) is 9.41. The monoisotopic (exact) mass is 1070 g/mol. The maximum Gasteiger partial charge on any atom is 0.306 e. The van der Waals surface area contributed by atoms with Gasteiger partial charge in [0.25, 0.3) is 0 Å². The first-order chi connectivity index (χ1) is 37.1. The molecule has 0 saturated carbocycles. The van der Waals surface area contributed by atoms with E-state index in [2.05, 4.69) is 62.5 Å². The molecule has 9 nitrogen and oxygen atoms in total. The van der Waals surface area contributed by atoms with Crippen molar-refractivity contribution < 1.29 is 42.9 Å². The summed E-state index contributed by atoms with van der Waals surface area (Å²) in [5, 5.41) is 11.8. The van der Waals surface area contributed by atoms with E-state index in [-0.39, 0.29) is 38.6 Å². The molecule has 0 aliphatic rings. The second-order valence-corrected chi connectivity index (χ2v) is 23.0. The Balaban J connectivity index is 4.03. The van der Waals surface area contributed by atoms with Crippen molar-refractivity contribution in [2.24, 2.45) is 0 Å². The summed E-state index contributed by atoms with van der Waals surface area (Å²) in [6, 6.07) is 0. The zero-order valence-electron chi connectivity index (χ0n) is 50.6. The van der Waals surface area contributed by atoms with Crippen LogP contribution in [-0.4, -0.2) is 82.3 Å². The second-order valence-electron chi connectivity index (χ2n) is 23.0. The second kappa shape index (κ2) is 58.4. The highest BCUT2D eigenvalue weighted by atomic mass is 16.7. The highest BCUT2D eigenvalue weighted by molar-refractivity contribution is 5.70. The van der Waals surface area contributed by atoms with E-state index < -0.39 is 24.3 Å². The van der Waals surface area contributed by atoms with Gasteiger partial charge in [0.2, 0.25) is 0 Å². The molecule has 0 N–H and O–H groups in total. The number of quaternary nitrogens is 1. The van der Waals surface area contributed by atoms with Crippen LogP contribution in [0.15, 0.2) is 48.6 Å². The molecule has 0 radical (unpaired) electrons. The average Bonchev–Trinajstić information content (AvgIpc) is 3.39. The highest BCUT2D eigenvalue weighted by Crippen LogP contribution is 2.18. The maximum atomic E-state index is 12.8. The van der Waals surface area contributed by atoms with Gasteiger partial charge in [-0.3, -0.25) is 9.59 Å². The van der Waals surface area contributed by atoms with Crippen molar-refractivity contribution in [1.29, 1.82) is 0 Å². The summed E-state index contributed by atoms with van der Waals surface area (Å²) >= 11 is 0. The molecule has 2 atom stereocenters. The van der Waals surface area contributed by atoms with E-state index in [0.29, 0.717) is 17.4 Å². The molecule has 0 aromatic carbocycles. The molecular weight excluding hydrogens is 947 g/mol. The number of unbranched alkanes of at least 4 members (excludes halogenated alkanes) is 37. The summed E-state index contributed by atoms with van der Waals surface area (Å²) in [6.07, 6.45) is 70.6. The lowest BCUT2D eigenvalue weighted by Crippen LogP contribution is -2.44. The van der Waals surface area contributed by atoms with Crippen LogP contribution in [-0.2, 0) is 33.3 Å². The van der Waals surface area contributed by atoms with Crippen LogP contribution in [0.1, 0.15) is 303 Å². The third-order valence-electron chi connectivity index (χ3n) is 14.3. The van der Waals surface area contributed by atoms with Crippen LogP contribution in [0.5, 0.6) is 0 Å². The molecule has 0 aromatic heterocycles. The Morgan fingerprint density at radius 2 is 0.750 bits per heavy atom. The number of aliphatic carboxylic acids is 1. The third-order valence-corrected chi connectivity index (χ3v) is 14.3. The van der Waals surface area contributed by atoms with Crippen LogP contribution < -0.4 is 5.11 Å². The number of carbonyl (C=O) groups excluding carboxylic acids is 3. The van der Waals surface area contributed by atoms with Crippen LogP contribution >= 0.6 is 0 Å². The minimum atomic E-state index is -1.63. The number of carboxylic acid groups (broad SMARTS) is 1. The van der Waals surface area contributed by atoms with Gasteiger partial charge in [-0.1, -0.05) is 287 Å². The van der Waals surface area contributed by atoms with Gasteiger partial charge in [-0.2, -0.15) is 0 Å². The lowest BCUT2D eigenvalue weighted by atomic mass is 10.0. The number of ether oxygens (including phenoxy) is 4. The maximum absolute atomic E-state index is 12.8. The summed E-state index contributed by atoms with van der Waals surface area (Å²) in [4.78, 5) is 37.3. The van der Waals surface area contributed by atoms with Crippen molar-refractivity contribution >= 4 is 17.9 Å². The Labute approximate surface area is 470 Å². The van der Waals surface area contributed by atoms with E-state index in [1.807, 2.05) is 21.1 Å². The van der Waals surface area contributed by atoms with Crippen LogP contribution in [0.2, 0.25) is 0 Å². The Morgan fingerprint density at radius 1 is 0.408 bits per heavy atom. The van der Waals surface area contributed by atoms with Crippen LogP contribution in [0, 0.1) is 0 Å². The van der Waals surface area contributed by atoms with Crippen molar-refractivity contribution in [2.45, 2.75) is 315 Å². The van der Waals surface area contributed by atoms with Gasteiger partial charge < -0.3 is 33.3 Å². The third kappa shape index (κ3) is 58.9. The van der Waals surface area contributed by atoms with Gasteiger partial charge in [0.1, 0.15) is 13.2 Å². The molecule has 0 amide bonds. The zero-order valence-corrected chi connectivity index (χ0v) is 50.6. The average molecular weight is 1070 g/mol. The minimum absolute atomic E-state index is 0.142. The van der Waals surface area contributed by atoms with E-state index in [4.69, 9.17) is 18.9 Å². The number of hydrogen-bond donors (Lipinski definition) is 0. The number of allylic oxidation sites excluding steroid dienone is 8. The summed E-state index contributed by atoms with van der Waals surface area (Å²) < 4.78 is 22.7. The molecule has 0 saturated heterocycles. The number of hydrogen-bond acceptors (Lipinski definition) is 8. The summed E-state index contributed by atoms with van der Waals surface area (Å²) in [5.41, 5.74) is 0. The normalized spacial score (nSPS) is 13.0. The molecule has 2 unspecified atom stereocenters. The Bertz CT molecular complexity index is 1380. The SMILES string of the molecule is CC/C=C\C/C=C\C/C=C\C/C=C\CCCCCCC(=O)OC(COC(=O)CCCCCCCCCCCCCCCCCCCCCCCCCCCCCCCCCCCC)COC(OCC[N+](C)(C)C)C(=O)[O-]. The molecule has 444 valence electrons. The first-order valence-corrected chi connectivity index (χ1v) is 32.3. The van der Waals surface area contributed by atoms with Gasteiger partial charge in [0, 0.05) is 12.8 Å². The van der Waals surface area contributed by atoms with Crippen molar-refractivity contribution in [3.8, 4) is 0 Å². The van der Waals surface area contributed by atoms with Crippen LogP contribution in [0.4, 0.5) is 0 Å². The molecule has 0 bridgehead atoms. The van der Waals surface area contributed by atoms with Crippen LogP contribution in [0.25, 0.3) is 0 Å². The smallest absolute Gasteiger partial charge is 0.306 e. The highest BCUT2D eigenvalue weighted by Gasteiger charge is 2.22. The Hall–Kier alpha value is -2.75. The molecule has 0 fully saturated rings. The van der Waals surface area contributed by atoms with Gasteiger partial charge >= 0.3 is 11.9 Å². The predicted octanol–water partition coefficient (Wildman–Crippen LogP) is 18.1. The standard InChI is InChI=1S/C67H123NO8/c1-6-8-10-12-14-16-18-20-22-24-25-26-27-28-29-30-31-32-33-34-35-36-37-38-39-40-42-43-45-47-49-51-53-55-57-64(69)74-61-63(62-75-67(66(71)72)73-60-59-68(3,4)5)76-65(70)58-56-54-52-50-48-46-44-41-23-21-19-17-15-13-11-9-7-2/h9,11,15,17,21,23,44,46,63,67H,6-8,10,12-14,16,18-20,22,24-43,45,47-62H2,1-5H3/b11-9-,17-15-,23-21-,46-44-. The van der Waals surface area contributed by atoms with Crippen molar-refractivity contribution in [3.05, 3.63) is 48.6 Å². The first-order valence-electron chi connectivity index (χ1n) is 32.3. The van der Waals surface area contributed by atoms with Crippen molar-refractivity contribution in [3.63, 3.8) is 0 Å². The molecule has 9 heteroatoms. The van der Waals surface area contributed by atoms with Crippen LogP contribution in [0.3, 0.4) is 0 Å². The molecule has 0 aliphatic carbocycles. The molecule has 0 aromatic rings. The largest absolute Gasteiger partial charge is 0.545 e. The molecule has 76 heavy (non-hydrogen) atoms. The van der Waals surface area contributed by atoms with Crippen molar-refractivity contribution in [1.82, 2.24) is 0 Å². The molecule has 0 rings (SSSR count). The topological polar surface area (TPSA) is 111 Å². The number of nitrogens with zero attached hydrogens (tertiary/aromatic N) is 1. The van der Waals surface area contributed by atoms with E-state index in [9.17, 15) is 19.5 Å². The fourth-order valence-electron chi connectivity index (χ4n) is 9.41. The molecule has 0 aliphatic heterocycles. The lowest BCUT2D eigenvalue weighted by Gasteiger charge is -2.26. The van der Waals surface area contributed by atoms with Gasteiger partial charge in [-0.05, 0) is 51.4 Å². The van der Waals surface area contributed by atoms with Gasteiger partial charge in [-0.15, -0.1) is 0 Å². The predicted molar refractivity (Wildman–Crippen MR) is 320 cm³/mol. The number of rotatable bonds is 60. The number of likely N-dealkylation sites (N-methyl/N-ethyl adjacent to an activating group) is 1. The molecule has 0 heterocycles. The minimum Gasteiger partial charge on any atom is -0.545 e. The van der Waals surface area contributed by atoms with Gasteiger partial charge in [0.05, 0.1) is 40.3 Å². The van der Waals surface area contributed by atoms with Gasteiger partial charge in [0.15, 0.2) is 12.4 Å². The quantitative estimate of drug-likeness (QED) is 0.0195. The summed E-state index contributed by atoms with van der Waals surface area (Å²) in [6.45, 7) is 4.64. The number of esters is 2. The summed E-state index contributed by atoms with van der Waals surface area (Å²) in [7, 11) is 5.92. The van der Waals surface area contributed by atoms with Gasteiger partial charge in [-0.25, -0.2) is 0 Å². The van der Waals surface area contributed by atoms with E-state index in [0.717, 1.165) is 70.6 Å². The Morgan fingerprint density at radius 3 is 1.12 bits per heavy atom. The summed E-state index contributed by atoms with van der Waals surface area (Å²) in [5.74, 6) is -2.30. The molecule has 0 spiro atoms. The Kier molecular flexibility index (Phi) is 56.3. The first kappa shape index (κ1) is 73.2.